The SMILES string of the molecule is CCO[Si](CCCCOc1ccc(C=CC(=O)O)cc1OC)(OCC)OCC. The fraction of sp³-hybridized carbons (Fsp3) is 0.550. The van der Waals surface area contributed by atoms with Gasteiger partial charge in [-0.1, -0.05) is 6.07 Å². The van der Waals surface area contributed by atoms with Gasteiger partial charge in [0.25, 0.3) is 0 Å². The number of benzene rings is 1. The van der Waals surface area contributed by atoms with Crippen LogP contribution in [0.15, 0.2) is 24.3 Å². The van der Waals surface area contributed by atoms with Gasteiger partial charge in [0.2, 0.25) is 0 Å². The molecule has 1 N–H and O–H groups in total. The lowest BCUT2D eigenvalue weighted by Gasteiger charge is -2.28. The summed E-state index contributed by atoms with van der Waals surface area (Å²) in [6.45, 7) is 8.09. The second kappa shape index (κ2) is 13.3. The highest BCUT2D eigenvalue weighted by atomic mass is 28.4. The second-order valence-corrected chi connectivity index (χ2v) is 8.60. The Labute approximate surface area is 168 Å². The quantitative estimate of drug-likeness (QED) is 0.265. The van der Waals surface area contributed by atoms with E-state index >= 15 is 0 Å². The van der Waals surface area contributed by atoms with E-state index in [4.69, 9.17) is 27.9 Å². The van der Waals surface area contributed by atoms with Gasteiger partial charge < -0.3 is 27.9 Å². The molecule has 0 aliphatic heterocycles. The van der Waals surface area contributed by atoms with E-state index < -0.39 is 14.8 Å². The third-order valence-electron chi connectivity index (χ3n) is 3.83. The summed E-state index contributed by atoms with van der Waals surface area (Å²) in [5.41, 5.74) is 0.729. The van der Waals surface area contributed by atoms with Crippen molar-refractivity contribution in [3.05, 3.63) is 29.8 Å². The summed E-state index contributed by atoms with van der Waals surface area (Å²) in [5, 5.41) is 8.71. The molecular formula is C20H32O7Si. The van der Waals surface area contributed by atoms with Crippen LogP contribution in [-0.2, 0) is 18.1 Å². The molecular weight excluding hydrogens is 380 g/mol. The zero-order valence-electron chi connectivity index (χ0n) is 17.2. The van der Waals surface area contributed by atoms with Crippen LogP contribution in [0.3, 0.4) is 0 Å². The molecule has 0 aliphatic carbocycles. The van der Waals surface area contributed by atoms with Crippen molar-refractivity contribution in [2.75, 3.05) is 33.5 Å². The number of methoxy groups -OCH3 is 1. The van der Waals surface area contributed by atoms with Crippen LogP contribution in [-0.4, -0.2) is 53.4 Å². The molecule has 1 aromatic rings. The third-order valence-corrected chi connectivity index (χ3v) is 6.99. The van der Waals surface area contributed by atoms with E-state index in [9.17, 15) is 4.79 Å². The summed E-state index contributed by atoms with van der Waals surface area (Å²) in [7, 11) is -1.05. The number of hydrogen-bond donors (Lipinski definition) is 1. The Morgan fingerprint density at radius 1 is 1.04 bits per heavy atom. The average molecular weight is 413 g/mol. The Bertz CT molecular complexity index is 602. The Kier molecular flexibility index (Phi) is 11.5. The Balaban J connectivity index is 2.57. The highest BCUT2D eigenvalue weighted by molar-refractivity contribution is 6.60. The first kappa shape index (κ1) is 24.2. The van der Waals surface area contributed by atoms with Crippen LogP contribution in [0.1, 0.15) is 39.2 Å². The van der Waals surface area contributed by atoms with Gasteiger partial charge in [0, 0.05) is 31.9 Å². The van der Waals surface area contributed by atoms with Gasteiger partial charge in [0.05, 0.1) is 13.7 Å². The monoisotopic (exact) mass is 412 g/mol. The van der Waals surface area contributed by atoms with Crippen LogP contribution in [0.25, 0.3) is 6.08 Å². The minimum atomic E-state index is -2.60. The van der Waals surface area contributed by atoms with Gasteiger partial charge >= 0.3 is 14.8 Å². The van der Waals surface area contributed by atoms with E-state index in [2.05, 4.69) is 0 Å². The number of rotatable bonds is 15. The van der Waals surface area contributed by atoms with Crippen molar-refractivity contribution in [3.8, 4) is 11.5 Å². The number of carboxylic acids is 1. The van der Waals surface area contributed by atoms with Gasteiger partial charge in [-0.05, 0) is 57.4 Å². The van der Waals surface area contributed by atoms with Crippen LogP contribution in [0, 0.1) is 0 Å². The van der Waals surface area contributed by atoms with E-state index in [-0.39, 0.29) is 0 Å². The van der Waals surface area contributed by atoms with Crippen LogP contribution in [0.2, 0.25) is 6.04 Å². The molecule has 0 radical (unpaired) electrons. The Morgan fingerprint density at radius 2 is 1.68 bits per heavy atom. The number of carboxylic acid groups (broad SMARTS) is 1. The summed E-state index contributed by atoms with van der Waals surface area (Å²) in [5.74, 6) is 0.192. The molecule has 1 aromatic carbocycles. The van der Waals surface area contributed by atoms with Crippen LogP contribution in [0.4, 0.5) is 0 Å². The van der Waals surface area contributed by atoms with Gasteiger partial charge in [-0.3, -0.25) is 0 Å². The predicted molar refractivity (Wildman–Crippen MR) is 110 cm³/mol. The van der Waals surface area contributed by atoms with E-state index in [1.54, 1.807) is 25.3 Å². The summed E-state index contributed by atoms with van der Waals surface area (Å²) < 4.78 is 28.7. The predicted octanol–water partition coefficient (Wildman–Crippen LogP) is 4.00. The minimum absolute atomic E-state index is 0.523. The first-order valence-electron chi connectivity index (χ1n) is 9.63. The molecule has 0 spiro atoms. The molecule has 0 heterocycles. The molecule has 28 heavy (non-hydrogen) atoms. The lowest BCUT2D eigenvalue weighted by Crippen LogP contribution is -2.45. The number of aliphatic carboxylic acids is 1. The topological polar surface area (TPSA) is 83.5 Å². The largest absolute Gasteiger partial charge is 0.500 e. The number of carbonyl (C=O) groups is 1. The van der Waals surface area contributed by atoms with Gasteiger partial charge in [-0.15, -0.1) is 0 Å². The van der Waals surface area contributed by atoms with Crippen molar-refractivity contribution < 1.29 is 32.7 Å². The molecule has 0 amide bonds. The summed E-state index contributed by atoms with van der Waals surface area (Å²) in [6.07, 6.45) is 4.29. The molecule has 0 bridgehead atoms. The maximum Gasteiger partial charge on any atom is 0.500 e. The fourth-order valence-corrected chi connectivity index (χ4v) is 5.39. The van der Waals surface area contributed by atoms with Crippen LogP contribution < -0.4 is 9.47 Å². The maximum absolute atomic E-state index is 10.6. The molecule has 0 aliphatic rings. The Hall–Kier alpha value is -1.87. The lowest BCUT2D eigenvalue weighted by molar-refractivity contribution is -0.131. The molecule has 158 valence electrons. The van der Waals surface area contributed by atoms with Gasteiger partial charge in [0.15, 0.2) is 11.5 Å². The summed E-state index contributed by atoms with van der Waals surface area (Å²) in [4.78, 5) is 10.6. The molecule has 1 rings (SSSR count). The lowest BCUT2D eigenvalue weighted by atomic mass is 10.2. The van der Waals surface area contributed by atoms with Gasteiger partial charge in [0.1, 0.15) is 0 Å². The molecule has 0 saturated carbocycles. The minimum Gasteiger partial charge on any atom is -0.493 e. The van der Waals surface area contributed by atoms with Crippen molar-refractivity contribution >= 4 is 20.8 Å². The standard InChI is InChI=1S/C20H32O7Si/c1-5-25-28(26-6-2,27-7-3)15-9-8-14-24-18-12-10-17(11-13-20(21)22)16-19(18)23-4/h10-13,16H,5-9,14-15H2,1-4H3,(H,21,22). The van der Waals surface area contributed by atoms with Crippen molar-refractivity contribution in [1.82, 2.24) is 0 Å². The van der Waals surface area contributed by atoms with Crippen molar-refractivity contribution in [2.24, 2.45) is 0 Å². The zero-order valence-corrected chi connectivity index (χ0v) is 18.2. The molecule has 0 aromatic heterocycles. The molecule has 0 unspecified atom stereocenters. The van der Waals surface area contributed by atoms with Gasteiger partial charge in [-0.25, -0.2) is 4.79 Å². The summed E-state index contributed by atoms with van der Waals surface area (Å²) in [6, 6.07) is 6.06. The second-order valence-electron chi connectivity index (χ2n) is 5.87. The normalized spacial score (nSPS) is 11.7. The first-order valence-corrected chi connectivity index (χ1v) is 11.6. The number of unbranched alkanes of at least 4 members (excludes halogenated alkanes) is 1. The van der Waals surface area contributed by atoms with E-state index in [0.717, 1.165) is 30.5 Å². The highest BCUT2D eigenvalue weighted by Crippen LogP contribution is 2.29. The molecule has 8 heteroatoms. The third kappa shape index (κ3) is 8.43. The van der Waals surface area contributed by atoms with Crippen molar-refractivity contribution in [1.29, 1.82) is 0 Å². The number of hydrogen-bond acceptors (Lipinski definition) is 6. The zero-order chi connectivity index (χ0) is 20.8. The molecule has 0 saturated heterocycles. The first-order chi connectivity index (χ1) is 13.5. The number of ether oxygens (including phenoxy) is 2. The average Bonchev–Trinajstić information content (AvgIpc) is 2.67. The maximum atomic E-state index is 10.6. The van der Waals surface area contributed by atoms with E-state index in [1.807, 2.05) is 20.8 Å². The van der Waals surface area contributed by atoms with Crippen molar-refractivity contribution in [2.45, 2.75) is 39.7 Å². The molecule has 7 nitrogen and oxygen atoms in total. The van der Waals surface area contributed by atoms with E-state index in [1.165, 1.54) is 6.08 Å². The van der Waals surface area contributed by atoms with Crippen molar-refractivity contribution in [3.63, 3.8) is 0 Å². The molecule has 0 fully saturated rings. The summed E-state index contributed by atoms with van der Waals surface area (Å²) >= 11 is 0. The fourth-order valence-electron chi connectivity index (χ4n) is 2.70. The smallest absolute Gasteiger partial charge is 0.493 e. The van der Waals surface area contributed by atoms with Crippen LogP contribution >= 0.6 is 0 Å². The highest BCUT2D eigenvalue weighted by Gasteiger charge is 2.39. The van der Waals surface area contributed by atoms with Gasteiger partial charge in [-0.2, -0.15) is 0 Å². The molecule has 0 atom stereocenters. The van der Waals surface area contributed by atoms with E-state index in [0.29, 0.717) is 37.9 Å². The Morgan fingerprint density at radius 3 is 2.21 bits per heavy atom. The van der Waals surface area contributed by atoms with Crippen LogP contribution in [0.5, 0.6) is 11.5 Å².